The fourth-order valence-electron chi connectivity index (χ4n) is 3.10. The zero-order chi connectivity index (χ0) is 20.2. The van der Waals surface area contributed by atoms with Crippen LogP contribution in [0.4, 0.5) is 0 Å². The van der Waals surface area contributed by atoms with Gasteiger partial charge in [-0.15, -0.1) is 0 Å². The molecule has 0 aliphatic carbocycles. The van der Waals surface area contributed by atoms with E-state index in [4.69, 9.17) is 5.11 Å². The number of amides is 1. The van der Waals surface area contributed by atoms with E-state index in [1.165, 1.54) is 0 Å². The van der Waals surface area contributed by atoms with Crippen molar-refractivity contribution in [2.24, 2.45) is 5.92 Å². The monoisotopic (exact) mass is 384 g/mol. The summed E-state index contributed by atoms with van der Waals surface area (Å²) >= 11 is 0. The SMILES string of the molecule is Cc1c(C)c(C)c(S(=O)(=O)N[C@@H](CC(C)C)C(=O)NCCO)c(C)c1C. The second kappa shape index (κ2) is 8.97. The number of aliphatic hydroxyl groups is 1. The predicted molar refractivity (Wildman–Crippen MR) is 104 cm³/mol. The van der Waals surface area contributed by atoms with Gasteiger partial charge in [0.05, 0.1) is 11.5 Å². The molecule has 148 valence electrons. The molecule has 1 amide bonds. The molecule has 0 fully saturated rings. The van der Waals surface area contributed by atoms with Crippen LogP contribution in [-0.2, 0) is 14.8 Å². The van der Waals surface area contributed by atoms with Gasteiger partial charge in [-0.1, -0.05) is 13.8 Å². The molecular weight excluding hydrogens is 352 g/mol. The maximum atomic E-state index is 13.1. The minimum absolute atomic E-state index is 0.0932. The third-order valence-electron chi connectivity index (χ3n) is 4.93. The van der Waals surface area contributed by atoms with Crippen molar-refractivity contribution in [2.75, 3.05) is 13.2 Å². The summed E-state index contributed by atoms with van der Waals surface area (Å²) in [5, 5.41) is 11.5. The number of hydrogen-bond acceptors (Lipinski definition) is 4. The molecule has 0 spiro atoms. The third kappa shape index (κ3) is 5.05. The Kier molecular flexibility index (Phi) is 7.80. The minimum atomic E-state index is -3.87. The summed E-state index contributed by atoms with van der Waals surface area (Å²) in [6.45, 7) is 13.2. The van der Waals surface area contributed by atoms with Crippen molar-refractivity contribution in [1.29, 1.82) is 0 Å². The zero-order valence-electron chi connectivity index (χ0n) is 16.9. The van der Waals surface area contributed by atoms with Crippen LogP contribution in [0.1, 0.15) is 48.1 Å². The van der Waals surface area contributed by atoms with Gasteiger partial charge in [-0.2, -0.15) is 4.72 Å². The quantitative estimate of drug-likeness (QED) is 0.639. The lowest BCUT2D eigenvalue weighted by molar-refractivity contribution is -0.123. The summed E-state index contributed by atoms with van der Waals surface area (Å²) < 4.78 is 28.8. The first kappa shape index (κ1) is 22.6. The molecule has 26 heavy (non-hydrogen) atoms. The summed E-state index contributed by atoms with van der Waals surface area (Å²) in [6.07, 6.45) is 0.373. The Morgan fingerprint density at radius 1 is 0.962 bits per heavy atom. The number of rotatable bonds is 8. The van der Waals surface area contributed by atoms with Crippen LogP contribution in [0.2, 0.25) is 0 Å². The first-order chi connectivity index (χ1) is 11.9. The molecule has 0 bridgehead atoms. The highest BCUT2D eigenvalue weighted by Gasteiger charge is 2.29. The molecule has 0 saturated heterocycles. The van der Waals surface area contributed by atoms with E-state index < -0.39 is 22.0 Å². The van der Waals surface area contributed by atoms with Gasteiger partial charge in [0.1, 0.15) is 6.04 Å². The molecule has 0 saturated carbocycles. The van der Waals surface area contributed by atoms with Gasteiger partial charge in [0, 0.05) is 6.54 Å². The maximum absolute atomic E-state index is 13.1. The Bertz CT molecular complexity index is 741. The number of nitrogens with one attached hydrogen (secondary N) is 2. The lowest BCUT2D eigenvalue weighted by Gasteiger charge is -2.23. The summed E-state index contributed by atoms with van der Waals surface area (Å²) in [5.41, 5.74) is 4.38. The number of sulfonamides is 1. The van der Waals surface area contributed by atoms with E-state index in [0.717, 1.165) is 16.7 Å². The number of hydrogen-bond donors (Lipinski definition) is 3. The van der Waals surface area contributed by atoms with E-state index in [9.17, 15) is 13.2 Å². The fraction of sp³-hybridized carbons (Fsp3) is 0.632. The van der Waals surface area contributed by atoms with E-state index in [2.05, 4.69) is 10.0 Å². The van der Waals surface area contributed by atoms with Crippen LogP contribution in [0.25, 0.3) is 0 Å². The second-order valence-electron chi connectivity index (χ2n) is 7.27. The smallest absolute Gasteiger partial charge is 0.241 e. The topological polar surface area (TPSA) is 95.5 Å². The van der Waals surface area contributed by atoms with Crippen LogP contribution in [0.15, 0.2) is 4.90 Å². The van der Waals surface area contributed by atoms with Crippen molar-refractivity contribution in [2.45, 2.75) is 65.8 Å². The second-order valence-corrected chi connectivity index (χ2v) is 8.92. The molecule has 6 nitrogen and oxygen atoms in total. The van der Waals surface area contributed by atoms with Crippen LogP contribution < -0.4 is 10.0 Å². The molecule has 0 aliphatic heterocycles. The van der Waals surface area contributed by atoms with Crippen LogP contribution >= 0.6 is 0 Å². The molecule has 1 atom stereocenters. The predicted octanol–water partition coefficient (Wildman–Crippen LogP) is 2.03. The average molecular weight is 385 g/mol. The lowest BCUT2D eigenvalue weighted by atomic mass is 9.95. The van der Waals surface area contributed by atoms with Crippen molar-refractivity contribution in [3.05, 3.63) is 27.8 Å². The standard InChI is InChI=1S/C19H32N2O4S/c1-11(2)10-17(19(23)20-8-9-22)21-26(24,25)18-15(6)13(4)12(3)14(5)16(18)7/h11,17,21-22H,8-10H2,1-7H3,(H,20,23)/t17-/m0/s1. The van der Waals surface area contributed by atoms with Crippen LogP contribution in [0.3, 0.4) is 0 Å². The summed E-state index contributed by atoms with van der Waals surface area (Å²) in [7, 11) is -3.87. The summed E-state index contributed by atoms with van der Waals surface area (Å²) in [6, 6.07) is -0.882. The third-order valence-corrected chi connectivity index (χ3v) is 6.68. The highest BCUT2D eigenvalue weighted by atomic mass is 32.2. The van der Waals surface area contributed by atoms with E-state index in [-0.39, 0.29) is 24.0 Å². The average Bonchev–Trinajstić information content (AvgIpc) is 2.54. The van der Waals surface area contributed by atoms with Crippen molar-refractivity contribution in [1.82, 2.24) is 10.0 Å². The normalized spacial score (nSPS) is 13.1. The molecule has 0 aromatic heterocycles. The van der Waals surface area contributed by atoms with Gasteiger partial charge in [-0.05, 0) is 74.8 Å². The molecule has 3 N–H and O–H groups in total. The van der Waals surface area contributed by atoms with Crippen LogP contribution in [0.5, 0.6) is 0 Å². The van der Waals surface area contributed by atoms with E-state index in [1.807, 2.05) is 34.6 Å². The van der Waals surface area contributed by atoms with Gasteiger partial charge in [0.2, 0.25) is 15.9 Å². The zero-order valence-corrected chi connectivity index (χ0v) is 17.7. The number of aliphatic hydroxyl groups excluding tert-OH is 1. The highest BCUT2D eigenvalue weighted by molar-refractivity contribution is 7.89. The Hall–Kier alpha value is -1.44. The minimum Gasteiger partial charge on any atom is -0.395 e. The molecule has 0 unspecified atom stereocenters. The molecule has 0 aliphatic rings. The van der Waals surface area contributed by atoms with Crippen molar-refractivity contribution in [3.8, 4) is 0 Å². The lowest BCUT2D eigenvalue weighted by Crippen LogP contribution is -2.48. The maximum Gasteiger partial charge on any atom is 0.241 e. The number of carbonyl (C=O) groups excluding carboxylic acids is 1. The number of benzene rings is 1. The van der Waals surface area contributed by atoms with Gasteiger partial charge in [0.15, 0.2) is 0 Å². The van der Waals surface area contributed by atoms with Crippen molar-refractivity contribution in [3.63, 3.8) is 0 Å². The highest BCUT2D eigenvalue weighted by Crippen LogP contribution is 2.29. The Morgan fingerprint density at radius 2 is 1.42 bits per heavy atom. The van der Waals surface area contributed by atoms with Crippen molar-refractivity contribution < 1.29 is 18.3 Å². The van der Waals surface area contributed by atoms with Gasteiger partial charge in [-0.25, -0.2) is 8.42 Å². The number of carbonyl (C=O) groups is 1. The van der Waals surface area contributed by atoms with Crippen LogP contribution in [-0.4, -0.2) is 38.6 Å². The molecule has 0 heterocycles. The summed E-state index contributed by atoms with van der Waals surface area (Å²) in [5.74, 6) is -0.293. The molecule has 0 radical (unpaired) electrons. The first-order valence-electron chi connectivity index (χ1n) is 8.91. The van der Waals surface area contributed by atoms with Gasteiger partial charge < -0.3 is 10.4 Å². The van der Waals surface area contributed by atoms with Gasteiger partial charge in [0.25, 0.3) is 0 Å². The van der Waals surface area contributed by atoms with Gasteiger partial charge in [-0.3, -0.25) is 4.79 Å². The Morgan fingerprint density at radius 3 is 1.85 bits per heavy atom. The fourth-order valence-corrected chi connectivity index (χ4v) is 4.91. The van der Waals surface area contributed by atoms with E-state index in [0.29, 0.717) is 17.5 Å². The molecule has 7 heteroatoms. The molecule has 1 aromatic carbocycles. The van der Waals surface area contributed by atoms with Crippen LogP contribution in [0, 0.1) is 40.5 Å². The molecular formula is C19H32N2O4S. The van der Waals surface area contributed by atoms with Crippen molar-refractivity contribution >= 4 is 15.9 Å². The van der Waals surface area contributed by atoms with E-state index in [1.54, 1.807) is 13.8 Å². The van der Waals surface area contributed by atoms with Gasteiger partial charge >= 0.3 is 0 Å². The summed E-state index contributed by atoms with van der Waals surface area (Å²) in [4.78, 5) is 12.6. The van der Waals surface area contributed by atoms with E-state index >= 15 is 0 Å². The molecule has 1 rings (SSSR count). The Balaban J connectivity index is 3.34. The largest absolute Gasteiger partial charge is 0.395 e. The Labute approximate surface area is 157 Å². The first-order valence-corrected chi connectivity index (χ1v) is 10.4. The molecule has 1 aromatic rings.